The lowest BCUT2D eigenvalue weighted by Crippen LogP contribution is -2.32. The van der Waals surface area contributed by atoms with Crippen molar-refractivity contribution in [3.63, 3.8) is 0 Å². The molecular formula is C14H21N3O. The second kappa shape index (κ2) is 5.76. The van der Waals surface area contributed by atoms with Crippen molar-refractivity contribution < 1.29 is 4.79 Å². The molecule has 2 rings (SSSR count). The molecule has 0 heterocycles. The van der Waals surface area contributed by atoms with Crippen LogP contribution >= 0.6 is 0 Å². The molecule has 0 unspecified atom stereocenters. The standard InChI is InChI=1S/C14H21N3O/c1-10-6-7-13(12(15)8-10)17-14(18)16-9-11-4-2-3-5-11/h6-8,11H,2-5,9,15H2,1H3,(H2,16,17,18). The van der Waals surface area contributed by atoms with Crippen molar-refractivity contribution in [2.24, 2.45) is 5.92 Å². The summed E-state index contributed by atoms with van der Waals surface area (Å²) in [6, 6.07) is 5.45. The Kier molecular flexibility index (Phi) is 4.07. The van der Waals surface area contributed by atoms with Gasteiger partial charge in [-0.2, -0.15) is 0 Å². The number of urea groups is 1. The Morgan fingerprint density at radius 1 is 1.39 bits per heavy atom. The van der Waals surface area contributed by atoms with Crippen molar-refractivity contribution in [1.82, 2.24) is 5.32 Å². The zero-order valence-corrected chi connectivity index (χ0v) is 10.8. The van der Waals surface area contributed by atoms with Gasteiger partial charge in [0.05, 0.1) is 11.4 Å². The van der Waals surface area contributed by atoms with Gasteiger partial charge in [-0.05, 0) is 43.4 Å². The van der Waals surface area contributed by atoms with Gasteiger partial charge in [-0.15, -0.1) is 0 Å². The van der Waals surface area contributed by atoms with Gasteiger partial charge in [-0.3, -0.25) is 0 Å². The number of benzene rings is 1. The molecule has 0 aromatic heterocycles. The summed E-state index contributed by atoms with van der Waals surface area (Å²) in [5.74, 6) is 0.645. The van der Waals surface area contributed by atoms with E-state index in [1.165, 1.54) is 25.7 Å². The van der Waals surface area contributed by atoms with Crippen LogP contribution in [0.15, 0.2) is 18.2 Å². The number of nitrogens with one attached hydrogen (secondary N) is 2. The van der Waals surface area contributed by atoms with E-state index >= 15 is 0 Å². The fraction of sp³-hybridized carbons (Fsp3) is 0.500. The van der Waals surface area contributed by atoms with Crippen LogP contribution in [0.5, 0.6) is 0 Å². The van der Waals surface area contributed by atoms with E-state index in [1.807, 2.05) is 25.1 Å². The van der Waals surface area contributed by atoms with Gasteiger partial charge < -0.3 is 16.4 Å². The summed E-state index contributed by atoms with van der Waals surface area (Å²) in [6.45, 7) is 2.73. The molecule has 0 spiro atoms. The zero-order valence-electron chi connectivity index (χ0n) is 10.8. The Morgan fingerprint density at radius 3 is 2.78 bits per heavy atom. The molecule has 0 bridgehead atoms. The first kappa shape index (κ1) is 12.7. The Balaban J connectivity index is 1.82. The molecule has 4 nitrogen and oxygen atoms in total. The molecule has 1 aromatic carbocycles. The fourth-order valence-electron chi connectivity index (χ4n) is 2.41. The van der Waals surface area contributed by atoms with E-state index in [2.05, 4.69) is 10.6 Å². The quantitative estimate of drug-likeness (QED) is 0.719. The van der Waals surface area contributed by atoms with Crippen molar-refractivity contribution in [2.75, 3.05) is 17.6 Å². The summed E-state index contributed by atoms with van der Waals surface area (Å²) in [5, 5.41) is 5.70. The maximum Gasteiger partial charge on any atom is 0.319 e. The predicted octanol–water partition coefficient (Wildman–Crippen LogP) is 2.89. The van der Waals surface area contributed by atoms with Crippen LogP contribution in [0, 0.1) is 12.8 Å². The van der Waals surface area contributed by atoms with Crippen LogP contribution in [0.25, 0.3) is 0 Å². The molecule has 2 amide bonds. The smallest absolute Gasteiger partial charge is 0.319 e. The van der Waals surface area contributed by atoms with Gasteiger partial charge in [0.25, 0.3) is 0 Å². The normalized spacial score (nSPS) is 15.6. The topological polar surface area (TPSA) is 67.2 Å². The van der Waals surface area contributed by atoms with Crippen LogP contribution in [0.2, 0.25) is 0 Å². The number of nitrogens with two attached hydrogens (primary N) is 1. The van der Waals surface area contributed by atoms with E-state index in [4.69, 9.17) is 5.73 Å². The second-order valence-corrected chi connectivity index (χ2v) is 5.08. The van der Waals surface area contributed by atoms with Crippen molar-refractivity contribution in [2.45, 2.75) is 32.6 Å². The van der Waals surface area contributed by atoms with Crippen molar-refractivity contribution in [1.29, 1.82) is 0 Å². The van der Waals surface area contributed by atoms with E-state index in [1.54, 1.807) is 0 Å². The lowest BCUT2D eigenvalue weighted by Gasteiger charge is -2.13. The Bertz CT molecular complexity index is 425. The highest BCUT2D eigenvalue weighted by Crippen LogP contribution is 2.24. The first-order chi connectivity index (χ1) is 8.65. The highest BCUT2D eigenvalue weighted by Gasteiger charge is 2.15. The predicted molar refractivity (Wildman–Crippen MR) is 74.6 cm³/mol. The number of nitrogen functional groups attached to an aromatic ring is 1. The van der Waals surface area contributed by atoms with Crippen LogP contribution in [-0.4, -0.2) is 12.6 Å². The van der Waals surface area contributed by atoms with E-state index in [9.17, 15) is 4.79 Å². The van der Waals surface area contributed by atoms with E-state index in [0.29, 0.717) is 17.3 Å². The third kappa shape index (κ3) is 3.39. The molecule has 18 heavy (non-hydrogen) atoms. The molecule has 1 aliphatic carbocycles. The molecule has 98 valence electrons. The molecule has 0 saturated heterocycles. The third-order valence-corrected chi connectivity index (χ3v) is 3.48. The van der Waals surface area contributed by atoms with Gasteiger partial charge >= 0.3 is 6.03 Å². The van der Waals surface area contributed by atoms with Gasteiger partial charge in [0.1, 0.15) is 0 Å². The van der Waals surface area contributed by atoms with Gasteiger partial charge in [0.2, 0.25) is 0 Å². The summed E-state index contributed by atoms with van der Waals surface area (Å²) in [7, 11) is 0. The Hall–Kier alpha value is -1.71. The van der Waals surface area contributed by atoms with Crippen LogP contribution in [-0.2, 0) is 0 Å². The molecule has 0 aliphatic heterocycles. The lowest BCUT2D eigenvalue weighted by molar-refractivity contribution is 0.250. The van der Waals surface area contributed by atoms with Crippen LogP contribution in [0.4, 0.5) is 16.2 Å². The SMILES string of the molecule is Cc1ccc(NC(=O)NCC2CCCC2)c(N)c1. The molecule has 1 aromatic rings. The number of carbonyl (C=O) groups excluding carboxylic acids is 1. The zero-order chi connectivity index (χ0) is 13.0. The minimum absolute atomic E-state index is 0.169. The van der Waals surface area contributed by atoms with Crippen molar-refractivity contribution in [3.05, 3.63) is 23.8 Å². The summed E-state index contributed by atoms with van der Waals surface area (Å²) < 4.78 is 0. The van der Waals surface area contributed by atoms with Gasteiger partial charge in [0.15, 0.2) is 0 Å². The third-order valence-electron chi connectivity index (χ3n) is 3.48. The number of rotatable bonds is 3. The van der Waals surface area contributed by atoms with Crippen LogP contribution in [0.1, 0.15) is 31.2 Å². The molecule has 1 saturated carbocycles. The average Bonchev–Trinajstić information content (AvgIpc) is 2.83. The number of aryl methyl sites for hydroxylation is 1. The number of hydrogen-bond acceptors (Lipinski definition) is 2. The maximum atomic E-state index is 11.7. The largest absolute Gasteiger partial charge is 0.397 e. The number of amides is 2. The first-order valence-corrected chi connectivity index (χ1v) is 6.56. The minimum Gasteiger partial charge on any atom is -0.397 e. The van der Waals surface area contributed by atoms with Crippen LogP contribution in [0.3, 0.4) is 0 Å². The molecule has 4 N–H and O–H groups in total. The van der Waals surface area contributed by atoms with E-state index in [-0.39, 0.29) is 6.03 Å². The van der Waals surface area contributed by atoms with Crippen molar-refractivity contribution >= 4 is 17.4 Å². The van der Waals surface area contributed by atoms with Gasteiger partial charge in [-0.25, -0.2) is 4.79 Å². The molecule has 1 aliphatic rings. The maximum absolute atomic E-state index is 11.7. The first-order valence-electron chi connectivity index (χ1n) is 6.56. The van der Waals surface area contributed by atoms with Crippen molar-refractivity contribution in [3.8, 4) is 0 Å². The van der Waals surface area contributed by atoms with Crippen LogP contribution < -0.4 is 16.4 Å². The Morgan fingerprint density at radius 2 is 2.11 bits per heavy atom. The minimum atomic E-state index is -0.169. The summed E-state index contributed by atoms with van der Waals surface area (Å²) >= 11 is 0. The summed E-state index contributed by atoms with van der Waals surface area (Å²) in [5.41, 5.74) is 8.21. The molecular weight excluding hydrogens is 226 g/mol. The average molecular weight is 247 g/mol. The fourth-order valence-corrected chi connectivity index (χ4v) is 2.41. The van der Waals surface area contributed by atoms with E-state index in [0.717, 1.165) is 12.1 Å². The Labute approximate surface area is 108 Å². The van der Waals surface area contributed by atoms with Gasteiger partial charge in [0, 0.05) is 6.54 Å². The summed E-state index contributed by atoms with van der Waals surface area (Å²) in [4.78, 5) is 11.7. The van der Waals surface area contributed by atoms with E-state index < -0.39 is 0 Å². The molecule has 0 radical (unpaired) electrons. The molecule has 1 fully saturated rings. The molecule has 0 atom stereocenters. The highest BCUT2D eigenvalue weighted by atomic mass is 16.2. The van der Waals surface area contributed by atoms with Gasteiger partial charge in [-0.1, -0.05) is 18.9 Å². The monoisotopic (exact) mass is 247 g/mol. The lowest BCUT2D eigenvalue weighted by atomic mass is 10.1. The number of anilines is 2. The highest BCUT2D eigenvalue weighted by molar-refractivity contribution is 5.92. The number of carbonyl (C=O) groups is 1. The second-order valence-electron chi connectivity index (χ2n) is 5.08. The molecule has 4 heteroatoms. The number of hydrogen-bond donors (Lipinski definition) is 3. The summed E-state index contributed by atoms with van der Waals surface area (Å²) in [6.07, 6.45) is 5.04.